The molecule has 10 rings (SSSR count). The van der Waals surface area contributed by atoms with E-state index in [1.54, 1.807) is 0 Å². The summed E-state index contributed by atoms with van der Waals surface area (Å²) in [6.45, 7) is 0. The van der Waals surface area contributed by atoms with Crippen LogP contribution in [0.5, 0.6) is 0 Å². The van der Waals surface area contributed by atoms with Crippen LogP contribution in [0.2, 0.25) is 0 Å². The summed E-state index contributed by atoms with van der Waals surface area (Å²) in [5.74, 6) is -15.1. The van der Waals surface area contributed by atoms with Crippen molar-refractivity contribution >= 4 is 87.4 Å². The van der Waals surface area contributed by atoms with Crippen molar-refractivity contribution in [2.45, 2.75) is 0 Å². The van der Waals surface area contributed by atoms with Gasteiger partial charge in [0.1, 0.15) is 115 Å². The molecule has 0 amide bonds. The summed E-state index contributed by atoms with van der Waals surface area (Å²) in [5.41, 5.74) is -3.04. The van der Waals surface area contributed by atoms with Crippen molar-refractivity contribution in [2.75, 3.05) is 26.6 Å². The van der Waals surface area contributed by atoms with Gasteiger partial charge in [-0.1, -0.05) is 30.3 Å². The highest BCUT2D eigenvalue weighted by Gasteiger charge is 2.22. The van der Waals surface area contributed by atoms with Crippen LogP contribution in [0.1, 0.15) is 51.8 Å². The number of rotatable bonds is 15. The van der Waals surface area contributed by atoms with E-state index in [4.69, 9.17) is 20.4 Å². The maximum Gasteiger partial charge on any atom is 0.344 e. The number of H-pyrrole nitrogens is 1. The first-order valence-electron chi connectivity index (χ1n) is 25.0. The van der Waals surface area contributed by atoms with Crippen LogP contribution < -0.4 is 36.7 Å². The Morgan fingerprint density at radius 1 is 0.311 bits per heavy atom. The van der Waals surface area contributed by atoms with E-state index < -0.39 is 116 Å². The molecule has 5 heterocycles. The number of para-hydroxylation sites is 5. The predicted molar refractivity (Wildman–Crippen MR) is 300 cm³/mol. The average molecular weight is 1250 g/mol. The fraction of sp³-hybridized carbons (Fsp3) is 0. The summed E-state index contributed by atoms with van der Waals surface area (Å²) < 4.78 is 134. The van der Waals surface area contributed by atoms with Crippen molar-refractivity contribution in [3.63, 3.8) is 0 Å². The van der Waals surface area contributed by atoms with E-state index in [1.807, 2.05) is 0 Å². The summed E-state index contributed by atoms with van der Waals surface area (Å²) in [4.78, 5) is 72.0. The lowest BCUT2D eigenvalue weighted by Crippen LogP contribution is -2.23. The molecule has 10 N–H and O–H groups in total. The molecule has 0 aliphatic rings. The van der Waals surface area contributed by atoms with Gasteiger partial charge in [-0.2, -0.15) is 0 Å². The Balaban J connectivity index is 0.000000179. The Labute approximate surface area is 499 Å². The maximum atomic E-state index is 13.4. The van der Waals surface area contributed by atoms with Crippen LogP contribution in [0, 0.1) is 58.2 Å². The summed E-state index contributed by atoms with van der Waals surface area (Å²) in [7, 11) is 0. The molecular formula is C60H40F10N10O10. The number of halogens is 10. The second-order valence-corrected chi connectivity index (χ2v) is 17.2. The Bertz CT molecular complexity index is 3530. The van der Waals surface area contributed by atoms with E-state index in [0.29, 0.717) is 0 Å². The number of hydrogen-bond donors (Lipinski definition) is 9. The summed E-state index contributed by atoms with van der Waals surface area (Å²) in [5, 5.41) is 58.2. The first kappa shape index (κ1) is 66.6. The molecule has 0 aliphatic heterocycles. The molecule has 5 aromatic heterocycles. The van der Waals surface area contributed by atoms with Gasteiger partial charge in [-0.15, -0.1) is 0 Å². The molecular weight excluding hydrogens is 1210 g/mol. The van der Waals surface area contributed by atoms with E-state index in [0.717, 1.165) is 60.7 Å². The minimum atomic E-state index is -1.48. The largest absolute Gasteiger partial charge is 0.545 e. The number of nitrogens with one attached hydrogen (secondary N) is 6. The van der Waals surface area contributed by atoms with Gasteiger partial charge in [0.2, 0.25) is 0 Å². The first-order valence-corrected chi connectivity index (χ1v) is 25.0. The van der Waals surface area contributed by atoms with Crippen molar-refractivity contribution in [2.24, 2.45) is 0 Å². The van der Waals surface area contributed by atoms with Crippen LogP contribution in [0.25, 0.3) is 0 Å². The Morgan fingerprint density at radius 3 is 0.778 bits per heavy atom. The monoisotopic (exact) mass is 1250 g/mol. The van der Waals surface area contributed by atoms with Crippen molar-refractivity contribution in [1.29, 1.82) is 0 Å². The number of aromatic carboxylic acids is 5. The van der Waals surface area contributed by atoms with Gasteiger partial charge >= 0.3 is 23.9 Å². The molecule has 5 aromatic carbocycles. The normalized spacial score (nSPS) is 10.1. The van der Waals surface area contributed by atoms with Crippen molar-refractivity contribution < 1.29 is 98.4 Å². The SMILES string of the molecule is O=C(O)c1ccc[nH+]c1Nc1c(F)cccc1F.O=C(O)c1cccnc1Nc1c(F)cccc1F.O=C(O)c1cccnc1Nc1c(F)cccc1F.O=C(O)c1cccnc1Nc1c(F)cccc1F.O=C([O-])c1cccnc1Nc1c(F)cccc1F. The molecule has 0 spiro atoms. The number of benzene rings is 5. The lowest BCUT2D eigenvalue weighted by atomic mass is 10.2. The molecule has 0 aliphatic carbocycles. The van der Waals surface area contributed by atoms with Gasteiger partial charge in [-0.3, -0.25) is 0 Å². The number of aromatic nitrogens is 5. The highest BCUT2D eigenvalue weighted by Crippen LogP contribution is 2.29. The number of aromatic amines is 1. The molecule has 0 saturated heterocycles. The molecule has 0 saturated carbocycles. The van der Waals surface area contributed by atoms with Gasteiger partial charge in [-0.25, -0.2) is 93.3 Å². The van der Waals surface area contributed by atoms with Gasteiger partial charge in [0.15, 0.2) is 17.3 Å². The second kappa shape index (κ2) is 31.6. The minimum absolute atomic E-state index is 0.00833. The van der Waals surface area contributed by atoms with Crippen LogP contribution >= 0.6 is 0 Å². The number of pyridine rings is 5. The summed E-state index contributed by atoms with van der Waals surface area (Å²) >= 11 is 0. The van der Waals surface area contributed by atoms with Gasteiger partial charge in [0, 0.05) is 30.4 Å². The van der Waals surface area contributed by atoms with Crippen LogP contribution in [0.3, 0.4) is 0 Å². The zero-order chi connectivity index (χ0) is 65.6. The quantitative estimate of drug-likeness (QED) is 0.0431. The zero-order valence-corrected chi connectivity index (χ0v) is 45.1. The fourth-order valence-electron chi connectivity index (χ4n) is 7.11. The predicted octanol–water partition coefficient (Wildman–Crippen LogP) is 12.1. The summed E-state index contributed by atoms with van der Waals surface area (Å²) in [6, 6.07) is 30.3. The van der Waals surface area contributed by atoms with Gasteiger partial charge in [0.05, 0.1) is 12.2 Å². The van der Waals surface area contributed by atoms with Crippen molar-refractivity contribution in [3.8, 4) is 0 Å². The Hall–Kier alpha value is -12.5. The molecule has 0 fully saturated rings. The third kappa shape index (κ3) is 18.0. The van der Waals surface area contributed by atoms with E-state index in [2.05, 4.69) is 51.5 Å². The number of carbonyl (C=O) groups is 5. The van der Waals surface area contributed by atoms with Crippen LogP contribution in [0.4, 0.5) is 101 Å². The van der Waals surface area contributed by atoms with E-state index in [-0.39, 0.29) is 56.9 Å². The molecule has 0 radical (unpaired) electrons. The second-order valence-electron chi connectivity index (χ2n) is 17.2. The van der Waals surface area contributed by atoms with E-state index in [9.17, 15) is 73.0 Å². The molecule has 90 heavy (non-hydrogen) atoms. The standard InChI is InChI=1S/5C12H8F2N2O2/c5*13-8-4-1-5-9(14)10(8)16-11-7(12(17)18)3-2-6-15-11/h5*1-6H,(H,15,16)(H,17,18). The van der Waals surface area contributed by atoms with E-state index >= 15 is 0 Å². The number of anilines is 10. The van der Waals surface area contributed by atoms with Crippen LogP contribution in [-0.2, 0) is 0 Å². The maximum absolute atomic E-state index is 13.4. The number of carbonyl (C=O) groups excluding carboxylic acids is 1. The first-order chi connectivity index (χ1) is 43.0. The lowest BCUT2D eigenvalue weighted by molar-refractivity contribution is -0.360. The lowest BCUT2D eigenvalue weighted by Gasteiger charge is -2.12. The molecule has 460 valence electrons. The van der Waals surface area contributed by atoms with Gasteiger partial charge < -0.3 is 51.6 Å². The third-order valence-electron chi connectivity index (χ3n) is 11.3. The third-order valence-corrected chi connectivity index (χ3v) is 11.3. The van der Waals surface area contributed by atoms with Crippen LogP contribution in [0.15, 0.2) is 183 Å². The molecule has 0 atom stereocenters. The highest BCUT2D eigenvalue weighted by atomic mass is 19.2. The molecule has 0 unspecified atom stereocenters. The Kier molecular flexibility index (Phi) is 23.4. The van der Waals surface area contributed by atoms with Gasteiger partial charge in [0.25, 0.3) is 5.82 Å². The zero-order valence-electron chi connectivity index (χ0n) is 45.1. The smallest absolute Gasteiger partial charge is 0.344 e. The molecule has 20 nitrogen and oxygen atoms in total. The number of carboxylic acid groups (broad SMARTS) is 5. The van der Waals surface area contributed by atoms with Crippen molar-refractivity contribution in [3.05, 3.63) is 269 Å². The van der Waals surface area contributed by atoms with Crippen LogP contribution in [-0.4, -0.2) is 70.2 Å². The molecule has 0 bridgehead atoms. The molecule has 30 heteroatoms. The van der Waals surface area contributed by atoms with E-state index in [1.165, 1.54) is 122 Å². The highest BCUT2D eigenvalue weighted by molar-refractivity contribution is 5.96. The average Bonchev–Trinajstić information content (AvgIpc) is 1.42. The number of nitrogens with zero attached hydrogens (tertiary/aromatic N) is 4. The Morgan fingerprint density at radius 2 is 0.533 bits per heavy atom. The number of hydrogen-bond acceptors (Lipinski definition) is 15. The summed E-state index contributed by atoms with van der Waals surface area (Å²) in [6.07, 6.45) is 6.73. The fourth-order valence-corrected chi connectivity index (χ4v) is 7.11. The minimum Gasteiger partial charge on any atom is -0.545 e. The number of carboxylic acids is 5. The molecule has 10 aromatic rings. The van der Waals surface area contributed by atoms with Gasteiger partial charge in [-0.05, 0) is 121 Å². The van der Waals surface area contributed by atoms with Crippen molar-refractivity contribution in [1.82, 2.24) is 19.9 Å². The topological polar surface area (TPSA) is 315 Å².